The van der Waals surface area contributed by atoms with Crippen molar-refractivity contribution in [1.82, 2.24) is 5.48 Å². The first-order valence-electron chi connectivity index (χ1n) is 6.89. The van der Waals surface area contributed by atoms with Gasteiger partial charge in [0.05, 0.1) is 11.7 Å². The molecule has 0 atom stereocenters. The van der Waals surface area contributed by atoms with Crippen LogP contribution in [0.5, 0.6) is 0 Å². The summed E-state index contributed by atoms with van der Waals surface area (Å²) in [5, 5.41) is 10.4. The van der Waals surface area contributed by atoms with Gasteiger partial charge in [-0.1, -0.05) is 38.5 Å². The molecule has 0 radical (unpaired) electrons. The molecule has 2 fully saturated rings. The Morgan fingerprint density at radius 1 is 1.00 bits per heavy atom. The molecule has 0 aromatic carbocycles. The van der Waals surface area contributed by atoms with E-state index in [2.05, 4.69) is 5.48 Å². The van der Waals surface area contributed by atoms with Crippen LogP contribution in [-0.2, 0) is 4.84 Å². The van der Waals surface area contributed by atoms with E-state index in [0.717, 1.165) is 25.7 Å². The zero-order chi connectivity index (χ0) is 11.3. The predicted octanol–water partition coefficient (Wildman–Crippen LogP) is 2.54. The Morgan fingerprint density at radius 3 is 2.25 bits per heavy atom. The molecule has 0 unspecified atom stereocenters. The zero-order valence-corrected chi connectivity index (χ0v) is 10.2. The zero-order valence-electron chi connectivity index (χ0n) is 10.2. The highest BCUT2D eigenvalue weighted by Gasteiger charge is 2.28. The molecular weight excluding hydrogens is 202 g/mol. The number of aliphatic hydroxyl groups is 1. The van der Waals surface area contributed by atoms with Gasteiger partial charge < -0.3 is 5.11 Å². The van der Waals surface area contributed by atoms with Crippen LogP contribution in [0.4, 0.5) is 0 Å². The highest BCUT2D eigenvalue weighted by atomic mass is 16.7. The molecule has 2 rings (SSSR count). The fraction of sp³-hybridized carbons (Fsp3) is 1.00. The SMILES string of the molecule is OC1(CNOC2CCCC2)CCCCCC1. The molecule has 0 bridgehead atoms. The standard InChI is InChI=1S/C13H25NO2/c15-13(9-5-1-2-6-10-13)11-14-16-12-7-3-4-8-12/h12,14-15H,1-11H2. The maximum absolute atomic E-state index is 10.4. The lowest BCUT2D eigenvalue weighted by Crippen LogP contribution is -2.41. The van der Waals surface area contributed by atoms with Gasteiger partial charge in [-0.25, -0.2) is 0 Å². The first-order valence-corrected chi connectivity index (χ1v) is 6.89. The molecule has 0 aromatic rings. The van der Waals surface area contributed by atoms with E-state index in [9.17, 15) is 5.11 Å². The average molecular weight is 227 g/mol. The Labute approximate surface area is 98.5 Å². The largest absolute Gasteiger partial charge is 0.388 e. The van der Waals surface area contributed by atoms with Crippen molar-refractivity contribution in [3.8, 4) is 0 Å². The summed E-state index contributed by atoms with van der Waals surface area (Å²) >= 11 is 0. The van der Waals surface area contributed by atoms with Crippen LogP contribution < -0.4 is 5.48 Å². The monoisotopic (exact) mass is 227 g/mol. The van der Waals surface area contributed by atoms with Crippen LogP contribution in [0.25, 0.3) is 0 Å². The van der Waals surface area contributed by atoms with Crippen LogP contribution in [0.3, 0.4) is 0 Å². The number of nitrogens with one attached hydrogen (secondary N) is 1. The summed E-state index contributed by atoms with van der Waals surface area (Å²) in [6.45, 7) is 0.601. The summed E-state index contributed by atoms with van der Waals surface area (Å²) in [6, 6.07) is 0. The fourth-order valence-corrected chi connectivity index (χ4v) is 2.86. The van der Waals surface area contributed by atoms with Gasteiger partial charge in [-0.3, -0.25) is 4.84 Å². The van der Waals surface area contributed by atoms with Gasteiger partial charge in [0.25, 0.3) is 0 Å². The van der Waals surface area contributed by atoms with Crippen molar-refractivity contribution in [3.63, 3.8) is 0 Å². The summed E-state index contributed by atoms with van der Waals surface area (Å²) in [4.78, 5) is 5.60. The van der Waals surface area contributed by atoms with E-state index in [1.807, 2.05) is 0 Å². The van der Waals surface area contributed by atoms with Crippen LogP contribution in [-0.4, -0.2) is 23.4 Å². The molecule has 0 saturated heterocycles. The minimum atomic E-state index is -0.519. The second-order valence-electron chi connectivity index (χ2n) is 5.48. The lowest BCUT2D eigenvalue weighted by Gasteiger charge is -2.27. The van der Waals surface area contributed by atoms with Gasteiger partial charge in [0.1, 0.15) is 0 Å². The molecule has 2 saturated carbocycles. The lowest BCUT2D eigenvalue weighted by molar-refractivity contribution is -0.0691. The highest BCUT2D eigenvalue weighted by molar-refractivity contribution is 4.82. The smallest absolute Gasteiger partial charge is 0.0794 e. The minimum absolute atomic E-state index is 0.384. The van der Waals surface area contributed by atoms with Gasteiger partial charge in [0, 0.05) is 6.54 Å². The van der Waals surface area contributed by atoms with Crippen molar-refractivity contribution in [1.29, 1.82) is 0 Å². The molecule has 0 spiro atoms. The molecule has 3 heteroatoms. The number of hydroxylamine groups is 1. The third kappa shape index (κ3) is 3.72. The number of rotatable bonds is 4. The Balaban J connectivity index is 1.66. The molecule has 94 valence electrons. The summed E-state index contributed by atoms with van der Waals surface area (Å²) in [7, 11) is 0. The van der Waals surface area contributed by atoms with Crippen molar-refractivity contribution >= 4 is 0 Å². The Morgan fingerprint density at radius 2 is 1.62 bits per heavy atom. The van der Waals surface area contributed by atoms with Crippen molar-refractivity contribution in [2.45, 2.75) is 75.9 Å². The maximum atomic E-state index is 10.4. The second kappa shape index (κ2) is 5.99. The van der Waals surface area contributed by atoms with E-state index in [1.54, 1.807) is 0 Å². The molecule has 0 aliphatic heterocycles. The summed E-state index contributed by atoms with van der Waals surface area (Å²) in [5.41, 5.74) is 2.50. The fourth-order valence-electron chi connectivity index (χ4n) is 2.86. The summed E-state index contributed by atoms with van der Waals surface area (Å²) in [6.07, 6.45) is 12.0. The van der Waals surface area contributed by atoms with Crippen LogP contribution in [0.1, 0.15) is 64.2 Å². The molecular formula is C13H25NO2. The van der Waals surface area contributed by atoms with Crippen molar-refractivity contribution in [2.24, 2.45) is 0 Å². The quantitative estimate of drug-likeness (QED) is 0.573. The first kappa shape index (κ1) is 12.3. The van der Waals surface area contributed by atoms with E-state index in [1.165, 1.54) is 38.5 Å². The Hall–Kier alpha value is -0.120. The van der Waals surface area contributed by atoms with Crippen molar-refractivity contribution < 1.29 is 9.94 Å². The van der Waals surface area contributed by atoms with E-state index < -0.39 is 5.60 Å². The topological polar surface area (TPSA) is 41.5 Å². The lowest BCUT2D eigenvalue weighted by atomic mass is 9.95. The van der Waals surface area contributed by atoms with Crippen LogP contribution in [0.2, 0.25) is 0 Å². The van der Waals surface area contributed by atoms with E-state index in [4.69, 9.17) is 4.84 Å². The van der Waals surface area contributed by atoms with E-state index in [-0.39, 0.29) is 0 Å². The molecule has 0 heterocycles. The van der Waals surface area contributed by atoms with Crippen LogP contribution >= 0.6 is 0 Å². The van der Waals surface area contributed by atoms with E-state index >= 15 is 0 Å². The third-order valence-electron chi connectivity index (χ3n) is 3.99. The first-order chi connectivity index (χ1) is 7.79. The van der Waals surface area contributed by atoms with Crippen LogP contribution in [0, 0.1) is 0 Å². The van der Waals surface area contributed by atoms with E-state index in [0.29, 0.717) is 12.6 Å². The Bertz CT molecular complexity index is 194. The van der Waals surface area contributed by atoms with Gasteiger partial charge in [-0.15, -0.1) is 0 Å². The summed E-state index contributed by atoms with van der Waals surface area (Å²) in [5.74, 6) is 0. The molecule has 2 N–H and O–H groups in total. The molecule has 0 amide bonds. The molecule has 3 nitrogen and oxygen atoms in total. The van der Waals surface area contributed by atoms with Gasteiger partial charge >= 0.3 is 0 Å². The Kier molecular flexibility index (Phi) is 4.62. The van der Waals surface area contributed by atoms with Gasteiger partial charge in [0.15, 0.2) is 0 Å². The normalized spacial score (nSPS) is 26.8. The third-order valence-corrected chi connectivity index (χ3v) is 3.99. The van der Waals surface area contributed by atoms with Crippen molar-refractivity contribution in [3.05, 3.63) is 0 Å². The van der Waals surface area contributed by atoms with Gasteiger partial charge in [-0.05, 0) is 25.7 Å². The maximum Gasteiger partial charge on any atom is 0.0794 e. The molecule has 0 aromatic heterocycles. The van der Waals surface area contributed by atoms with Gasteiger partial charge in [-0.2, -0.15) is 5.48 Å². The molecule has 16 heavy (non-hydrogen) atoms. The molecule has 2 aliphatic rings. The highest BCUT2D eigenvalue weighted by Crippen LogP contribution is 2.26. The second-order valence-corrected chi connectivity index (χ2v) is 5.48. The van der Waals surface area contributed by atoms with Gasteiger partial charge in [0.2, 0.25) is 0 Å². The summed E-state index contributed by atoms with van der Waals surface area (Å²) < 4.78 is 0. The number of hydrogen-bond acceptors (Lipinski definition) is 3. The molecule has 2 aliphatic carbocycles. The average Bonchev–Trinajstić information content (AvgIpc) is 2.68. The predicted molar refractivity (Wildman–Crippen MR) is 64.0 cm³/mol. The number of hydrogen-bond donors (Lipinski definition) is 2. The van der Waals surface area contributed by atoms with Crippen molar-refractivity contribution in [2.75, 3.05) is 6.54 Å². The minimum Gasteiger partial charge on any atom is -0.388 e. The van der Waals surface area contributed by atoms with Crippen LogP contribution in [0.15, 0.2) is 0 Å².